The third-order valence-electron chi connectivity index (χ3n) is 13.3. The van der Waals surface area contributed by atoms with Crippen molar-refractivity contribution in [3.8, 4) is 0 Å². The fourth-order valence-corrected chi connectivity index (χ4v) is 9.40. The van der Waals surface area contributed by atoms with Crippen molar-refractivity contribution in [1.29, 1.82) is 0 Å². The van der Waals surface area contributed by atoms with Crippen LogP contribution in [0.2, 0.25) is 0 Å². The summed E-state index contributed by atoms with van der Waals surface area (Å²) in [4.78, 5) is 107. The van der Waals surface area contributed by atoms with Crippen molar-refractivity contribution in [2.24, 2.45) is 0 Å². The van der Waals surface area contributed by atoms with Gasteiger partial charge >= 0.3 is 35.8 Å². The van der Waals surface area contributed by atoms with Crippen LogP contribution in [0.4, 0.5) is 0 Å². The van der Waals surface area contributed by atoms with E-state index in [9.17, 15) is 38.4 Å². The van der Waals surface area contributed by atoms with Crippen LogP contribution in [0.1, 0.15) is 279 Å². The van der Waals surface area contributed by atoms with Crippen LogP contribution in [-0.4, -0.2) is 116 Å². The monoisotopic (exact) mass is 1130 g/mol. The van der Waals surface area contributed by atoms with E-state index in [-0.39, 0.29) is 6.42 Å². The summed E-state index contributed by atoms with van der Waals surface area (Å²) in [5.41, 5.74) is 0. The third-order valence-corrected chi connectivity index (χ3v) is 13.3. The average molecular weight is 1130 g/mol. The van der Waals surface area contributed by atoms with Crippen molar-refractivity contribution in [2.45, 2.75) is 310 Å². The molecule has 0 aromatic rings. The Balaban J connectivity index is 4.11. The SMILES string of the molecule is [2H]C([2H])([2H])C(=O)OC[C@H]1O[C@@H](OC[C@H](NC(=O)[C@@H](CCCCCCCCCCCCCCCCCCCC)OC(=O)C([2H])([2H])[2H])[C@H](OC(=O)C([2H])([2H])[2H])[C@@H](C/C=C/CCCCCCCCCCC)OC(=O)C([2H])([2H])[2H])[C@H](NC(C)=O)[C@@H](OC(=O)C([2H])([2H])[2H])[C@@H]1OC(=O)C([2H])([2H])[2H]. The number of nitrogens with one attached hydrogen (secondary N) is 2. The van der Waals surface area contributed by atoms with Gasteiger partial charge in [0.15, 0.2) is 30.7 Å². The highest BCUT2D eigenvalue weighted by molar-refractivity contribution is 5.83. The number of hydrogen-bond donors (Lipinski definition) is 2. The second-order valence-corrected chi connectivity index (χ2v) is 19.9. The second kappa shape index (κ2) is 45.2. The summed E-state index contributed by atoms with van der Waals surface area (Å²) >= 11 is 0. The molecule has 0 spiro atoms. The van der Waals surface area contributed by atoms with Gasteiger partial charge in [-0.25, -0.2) is 0 Å². The van der Waals surface area contributed by atoms with Gasteiger partial charge in [0.1, 0.15) is 24.9 Å². The molecule has 0 aliphatic carbocycles. The first-order chi connectivity index (χ1) is 44.7. The largest absolute Gasteiger partial charge is 0.463 e. The average Bonchev–Trinajstić information content (AvgIpc) is 0.778. The molecular weight excluding hydrogens is 1000 g/mol. The predicted molar refractivity (Wildman–Crippen MR) is 298 cm³/mol. The molecule has 9 atom stereocenters. The molecule has 1 fully saturated rings. The lowest BCUT2D eigenvalue weighted by molar-refractivity contribution is -0.280. The third kappa shape index (κ3) is 35.8. The first-order valence-corrected chi connectivity index (χ1v) is 28.4. The minimum Gasteiger partial charge on any atom is -0.463 e. The van der Waals surface area contributed by atoms with E-state index in [1.54, 1.807) is 6.08 Å². The van der Waals surface area contributed by atoms with E-state index in [0.717, 1.165) is 96.8 Å². The number of carbonyl (C=O) groups is 8. The van der Waals surface area contributed by atoms with Crippen molar-refractivity contribution in [3.63, 3.8) is 0 Å². The maximum absolute atomic E-state index is 14.9. The Morgan fingerprint density at radius 1 is 0.538 bits per heavy atom. The minimum absolute atomic E-state index is 0.109. The maximum Gasteiger partial charge on any atom is 0.303 e. The van der Waals surface area contributed by atoms with E-state index in [2.05, 4.69) is 24.5 Å². The van der Waals surface area contributed by atoms with E-state index in [0.29, 0.717) is 25.7 Å². The summed E-state index contributed by atoms with van der Waals surface area (Å²) in [6.07, 6.45) is 13.0. The van der Waals surface area contributed by atoms with Crippen molar-refractivity contribution < 1.29 is 101 Å². The van der Waals surface area contributed by atoms with Crippen LogP contribution in [0.15, 0.2) is 12.2 Å². The molecule has 2 N–H and O–H groups in total. The number of esters is 6. The first-order valence-electron chi connectivity index (χ1n) is 37.4. The Hall–Kier alpha value is -4.58. The van der Waals surface area contributed by atoms with Crippen molar-refractivity contribution in [2.75, 3.05) is 13.2 Å². The molecule has 0 aromatic heterocycles. The molecule has 78 heavy (non-hydrogen) atoms. The highest BCUT2D eigenvalue weighted by Crippen LogP contribution is 2.29. The van der Waals surface area contributed by atoms with Crippen LogP contribution < -0.4 is 10.6 Å². The summed E-state index contributed by atoms with van der Waals surface area (Å²) in [6, 6.07) is -4.50. The summed E-state index contributed by atoms with van der Waals surface area (Å²) in [5, 5.41) is 4.56. The number of allylic oxidation sites excluding steroid dienone is 1. The van der Waals surface area contributed by atoms with Gasteiger partial charge in [-0.15, -0.1) is 0 Å². The van der Waals surface area contributed by atoms with Gasteiger partial charge in [0, 0.05) is 79.1 Å². The van der Waals surface area contributed by atoms with Gasteiger partial charge in [-0.2, -0.15) is 0 Å². The first kappa shape index (κ1) is 46.1. The molecule has 1 saturated heterocycles. The molecule has 0 aromatic carbocycles. The van der Waals surface area contributed by atoms with Crippen LogP contribution in [0, 0.1) is 0 Å². The van der Waals surface area contributed by atoms with Crippen molar-refractivity contribution >= 4 is 47.6 Å². The molecule has 0 saturated carbocycles. The van der Waals surface area contributed by atoms with Gasteiger partial charge in [-0.3, -0.25) is 38.4 Å². The van der Waals surface area contributed by atoms with Gasteiger partial charge in [-0.05, 0) is 25.7 Å². The standard InChI is InChI=1S/C60H104N2O16/c1-10-12-14-16-18-20-22-24-25-26-27-28-29-31-33-35-37-39-41-53(74-47(6)66)59(70)62-51(56(75-48(7)67)52(73-46(5)65)40-38-36-34-32-30-23-21-19-17-15-13-11-2)42-72-60-55(61-44(3)63)58(77-50(9)69)57(76-49(8)68)54(78-60)43-71-45(4)64/h36,38,51-58,60H,10-35,37,39-43H2,1-9H3,(H,61,63)(H,62,70)/b38-36+/t51-,52+,53+,54+,55+,56-,57+,58+,60+/m0/s1/i4D3,5D3,6D3,7D3,8D3,9D3. The smallest absolute Gasteiger partial charge is 0.303 e. The Kier molecular flexibility index (Phi) is 26.7. The van der Waals surface area contributed by atoms with E-state index in [1.807, 2.05) is 0 Å². The van der Waals surface area contributed by atoms with Crippen LogP contribution in [0.5, 0.6) is 0 Å². The summed E-state index contributed by atoms with van der Waals surface area (Å²) < 4.78 is 183. The van der Waals surface area contributed by atoms with E-state index >= 15 is 0 Å². The lowest BCUT2D eigenvalue weighted by atomic mass is 9.95. The molecular formula is C60H104N2O16. The van der Waals surface area contributed by atoms with E-state index < -0.39 is 170 Å². The Bertz CT molecular complexity index is 2350. The molecule has 1 aliphatic heterocycles. The van der Waals surface area contributed by atoms with Gasteiger partial charge < -0.3 is 48.5 Å². The highest BCUT2D eigenvalue weighted by atomic mass is 16.7. The van der Waals surface area contributed by atoms with Crippen LogP contribution in [0.25, 0.3) is 0 Å². The Morgan fingerprint density at radius 3 is 1.50 bits per heavy atom. The molecule has 1 rings (SSSR count). The van der Waals surface area contributed by atoms with E-state index in [1.165, 1.54) is 63.9 Å². The topological polar surface area (TPSA) is 234 Å². The number of unbranched alkanes of at least 4 members (excludes halogenated alkanes) is 26. The van der Waals surface area contributed by atoms with Crippen LogP contribution in [-0.2, 0) is 76.3 Å². The van der Waals surface area contributed by atoms with Crippen LogP contribution in [0.3, 0.4) is 0 Å². The molecule has 1 heterocycles. The normalized spacial score (nSPS) is 23.1. The predicted octanol–water partition coefficient (Wildman–Crippen LogP) is 11.2. The lowest BCUT2D eigenvalue weighted by Gasteiger charge is -2.45. The molecule has 450 valence electrons. The quantitative estimate of drug-likeness (QED) is 0.0250. The molecule has 0 unspecified atom stereocenters. The van der Waals surface area contributed by atoms with Gasteiger partial charge in [0.25, 0.3) is 5.91 Å². The fraction of sp³-hybridized carbons (Fsp3) is 0.833. The number of amides is 2. The van der Waals surface area contributed by atoms with Crippen molar-refractivity contribution in [1.82, 2.24) is 10.6 Å². The molecule has 2 amide bonds. The number of rotatable bonds is 46. The minimum atomic E-state index is -3.69. The highest BCUT2D eigenvalue weighted by Gasteiger charge is 2.52. The van der Waals surface area contributed by atoms with Crippen LogP contribution >= 0.6 is 0 Å². The number of carbonyl (C=O) groups excluding carboxylic acids is 8. The summed E-state index contributed by atoms with van der Waals surface area (Å²) in [6.45, 7) is -19.2. The van der Waals surface area contributed by atoms with Crippen molar-refractivity contribution in [3.05, 3.63) is 12.2 Å². The fourth-order valence-electron chi connectivity index (χ4n) is 9.40. The number of hydrogen-bond acceptors (Lipinski definition) is 16. The lowest BCUT2D eigenvalue weighted by Crippen LogP contribution is -2.67. The van der Waals surface area contributed by atoms with E-state index in [4.69, 9.17) is 62.6 Å². The molecule has 18 heteroatoms. The zero-order valence-electron chi connectivity index (χ0n) is 64.5. The second-order valence-electron chi connectivity index (χ2n) is 19.9. The Labute approximate surface area is 493 Å². The van der Waals surface area contributed by atoms with Gasteiger partial charge in [0.2, 0.25) is 5.91 Å². The number of ether oxygens (including phenoxy) is 8. The van der Waals surface area contributed by atoms with Gasteiger partial charge in [0.05, 0.1) is 12.6 Å². The van der Waals surface area contributed by atoms with Gasteiger partial charge in [-0.1, -0.05) is 187 Å². The zero-order valence-corrected chi connectivity index (χ0v) is 46.5. The maximum atomic E-state index is 14.9. The molecule has 18 nitrogen and oxygen atoms in total. The Morgan fingerprint density at radius 2 is 1.00 bits per heavy atom. The molecule has 0 bridgehead atoms. The molecule has 1 aliphatic rings. The molecule has 0 radical (unpaired) electrons. The summed E-state index contributed by atoms with van der Waals surface area (Å²) in [5.74, 6) is -14.6. The summed E-state index contributed by atoms with van der Waals surface area (Å²) in [7, 11) is 0. The zero-order chi connectivity index (χ0) is 72.9.